The van der Waals surface area contributed by atoms with Gasteiger partial charge in [-0.25, -0.2) is 4.79 Å². The van der Waals surface area contributed by atoms with Gasteiger partial charge in [0.1, 0.15) is 0 Å². The summed E-state index contributed by atoms with van der Waals surface area (Å²) < 4.78 is 5.50. The molecule has 1 aromatic rings. The Morgan fingerprint density at radius 2 is 2.00 bits per heavy atom. The fraction of sp³-hybridized carbons (Fsp3) is 0.556. The van der Waals surface area contributed by atoms with E-state index in [-0.39, 0.29) is 23.9 Å². The van der Waals surface area contributed by atoms with Gasteiger partial charge in [-0.15, -0.1) is 0 Å². The van der Waals surface area contributed by atoms with Gasteiger partial charge in [-0.1, -0.05) is 30.3 Å². The van der Waals surface area contributed by atoms with Gasteiger partial charge in [0.15, 0.2) is 6.10 Å². The van der Waals surface area contributed by atoms with E-state index in [0.29, 0.717) is 6.54 Å². The highest BCUT2D eigenvalue weighted by atomic mass is 16.6. The summed E-state index contributed by atoms with van der Waals surface area (Å²) in [6.45, 7) is 5.87. The van der Waals surface area contributed by atoms with Gasteiger partial charge in [-0.3, -0.25) is 4.79 Å². The van der Waals surface area contributed by atoms with Gasteiger partial charge in [0, 0.05) is 31.6 Å². The van der Waals surface area contributed by atoms with E-state index in [1.807, 2.05) is 56.1 Å². The molecule has 0 aromatic heterocycles. The number of likely N-dealkylation sites (tertiary alicyclic amines) is 2. The van der Waals surface area contributed by atoms with E-state index in [4.69, 9.17) is 4.74 Å². The van der Waals surface area contributed by atoms with Crippen molar-refractivity contribution in [2.24, 2.45) is 5.92 Å². The highest BCUT2D eigenvalue weighted by Gasteiger charge is 2.53. The van der Waals surface area contributed by atoms with Gasteiger partial charge in [0.05, 0.1) is 6.04 Å². The largest absolute Gasteiger partial charge is 0.436 e. The molecule has 0 unspecified atom stereocenters. The van der Waals surface area contributed by atoms with E-state index < -0.39 is 12.2 Å². The molecular formula is C18H25N3O3. The normalized spacial score (nSPS) is 26.8. The van der Waals surface area contributed by atoms with E-state index >= 15 is 0 Å². The van der Waals surface area contributed by atoms with Gasteiger partial charge < -0.3 is 19.9 Å². The third-order valence-corrected chi connectivity index (χ3v) is 4.67. The lowest BCUT2D eigenvalue weighted by molar-refractivity contribution is -0.137. The van der Waals surface area contributed by atoms with Crippen molar-refractivity contribution in [1.29, 1.82) is 0 Å². The molecule has 2 aliphatic heterocycles. The van der Waals surface area contributed by atoms with E-state index in [9.17, 15) is 9.59 Å². The molecule has 0 bridgehead atoms. The summed E-state index contributed by atoms with van der Waals surface area (Å²) in [5.74, 6) is -0.0509. The van der Waals surface area contributed by atoms with Crippen LogP contribution >= 0.6 is 0 Å². The summed E-state index contributed by atoms with van der Waals surface area (Å²) in [6.07, 6.45) is -1.21. The number of carbonyl (C=O) groups is 2. The Hall–Kier alpha value is -2.08. The molecule has 6 heteroatoms. The molecule has 3 atom stereocenters. The molecule has 130 valence electrons. The monoisotopic (exact) mass is 331 g/mol. The van der Waals surface area contributed by atoms with Crippen LogP contribution in [0.4, 0.5) is 4.79 Å². The van der Waals surface area contributed by atoms with Crippen molar-refractivity contribution in [3.05, 3.63) is 35.9 Å². The molecule has 2 saturated heterocycles. The third kappa shape index (κ3) is 3.38. The summed E-state index contributed by atoms with van der Waals surface area (Å²) in [4.78, 5) is 28.9. The minimum absolute atomic E-state index is 0.0172. The first-order valence-corrected chi connectivity index (χ1v) is 8.46. The first-order valence-electron chi connectivity index (χ1n) is 8.46. The van der Waals surface area contributed by atoms with Crippen LogP contribution in [-0.4, -0.2) is 60.1 Å². The summed E-state index contributed by atoms with van der Waals surface area (Å²) >= 11 is 0. The van der Waals surface area contributed by atoms with E-state index in [1.54, 1.807) is 0 Å². The number of alkyl carbamates (subject to hydrolysis) is 1. The van der Waals surface area contributed by atoms with Crippen LogP contribution in [0.1, 0.15) is 19.4 Å². The third-order valence-electron chi connectivity index (χ3n) is 4.67. The lowest BCUT2D eigenvalue weighted by Gasteiger charge is -2.24. The Kier molecular flexibility index (Phi) is 4.76. The number of rotatable bonds is 4. The SMILES string of the molecule is CC(C)NC(=O)O[C@@H]1C(=O)N(Cc2ccccc2)[C@@H]2CN(C)C[C@H]12. The number of benzene rings is 1. The standard InChI is InChI=1S/C18H25N3O3/c1-12(2)19-18(23)24-16-14-10-20(3)11-15(14)21(17(16)22)9-13-7-5-4-6-8-13/h4-8,12,14-16H,9-11H2,1-3H3,(H,19,23)/t14-,15+,16-/m0/s1. The Labute approximate surface area is 142 Å². The maximum absolute atomic E-state index is 12.9. The summed E-state index contributed by atoms with van der Waals surface area (Å²) in [6, 6.07) is 10.0. The van der Waals surface area contributed by atoms with Crippen LogP contribution in [0, 0.1) is 5.92 Å². The van der Waals surface area contributed by atoms with Crippen molar-refractivity contribution in [3.8, 4) is 0 Å². The molecule has 0 radical (unpaired) electrons. The average Bonchev–Trinajstić information content (AvgIpc) is 3.00. The summed E-state index contributed by atoms with van der Waals surface area (Å²) in [5, 5.41) is 2.70. The van der Waals surface area contributed by atoms with Crippen LogP contribution in [-0.2, 0) is 16.1 Å². The number of ether oxygens (including phenoxy) is 1. The molecule has 0 aliphatic carbocycles. The summed E-state index contributed by atoms with van der Waals surface area (Å²) in [5.41, 5.74) is 1.09. The number of amides is 2. The van der Waals surface area contributed by atoms with Gasteiger partial charge >= 0.3 is 6.09 Å². The molecule has 6 nitrogen and oxygen atoms in total. The number of fused-ring (bicyclic) bond motifs is 1. The predicted molar refractivity (Wildman–Crippen MR) is 90.3 cm³/mol. The maximum atomic E-state index is 12.9. The molecule has 24 heavy (non-hydrogen) atoms. The van der Waals surface area contributed by atoms with Gasteiger partial charge in [0.2, 0.25) is 0 Å². The lowest BCUT2D eigenvalue weighted by atomic mass is 10.0. The molecule has 2 heterocycles. The molecular weight excluding hydrogens is 306 g/mol. The second-order valence-corrected chi connectivity index (χ2v) is 7.03. The van der Waals surface area contributed by atoms with Crippen molar-refractivity contribution in [1.82, 2.24) is 15.1 Å². The number of hydrogen-bond donors (Lipinski definition) is 1. The molecule has 2 amide bonds. The van der Waals surface area contributed by atoms with Crippen LogP contribution in [0.2, 0.25) is 0 Å². The van der Waals surface area contributed by atoms with Crippen molar-refractivity contribution >= 4 is 12.0 Å². The lowest BCUT2D eigenvalue weighted by Crippen LogP contribution is -2.41. The first-order chi connectivity index (χ1) is 11.5. The number of likely N-dealkylation sites (N-methyl/N-ethyl adjacent to an activating group) is 1. The molecule has 1 N–H and O–H groups in total. The maximum Gasteiger partial charge on any atom is 0.408 e. The van der Waals surface area contributed by atoms with Crippen LogP contribution < -0.4 is 5.32 Å². The van der Waals surface area contributed by atoms with E-state index in [2.05, 4.69) is 10.2 Å². The zero-order chi connectivity index (χ0) is 17.3. The zero-order valence-corrected chi connectivity index (χ0v) is 14.4. The predicted octanol–water partition coefficient (Wildman–Crippen LogP) is 1.46. The van der Waals surface area contributed by atoms with Crippen LogP contribution in [0.15, 0.2) is 30.3 Å². The quantitative estimate of drug-likeness (QED) is 0.907. The smallest absolute Gasteiger partial charge is 0.408 e. The van der Waals surface area contributed by atoms with E-state index in [1.165, 1.54) is 0 Å². The Morgan fingerprint density at radius 3 is 2.67 bits per heavy atom. The first kappa shape index (κ1) is 16.8. The average molecular weight is 331 g/mol. The van der Waals surface area contributed by atoms with Crippen LogP contribution in [0.3, 0.4) is 0 Å². The Morgan fingerprint density at radius 1 is 1.29 bits per heavy atom. The number of nitrogens with one attached hydrogen (secondary N) is 1. The van der Waals surface area contributed by atoms with Crippen molar-refractivity contribution < 1.29 is 14.3 Å². The van der Waals surface area contributed by atoms with Gasteiger partial charge in [-0.05, 0) is 26.5 Å². The Balaban J connectivity index is 1.76. The zero-order valence-electron chi connectivity index (χ0n) is 14.4. The Bertz CT molecular complexity index is 605. The van der Waals surface area contributed by atoms with Gasteiger partial charge in [-0.2, -0.15) is 0 Å². The van der Waals surface area contributed by atoms with Crippen LogP contribution in [0.5, 0.6) is 0 Å². The van der Waals surface area contributed by atoms with Crippen molar-refractivity contribution in [2.75, 3.05) is 20.1 Å². The second-order valence-electron chi connectivity index (χ2n) is 7.03. The van der Waals surface area contributed by atoms with Crippen molar-refractivity contribution in [2.45, 2.75) is 38.6 Å². The second kappa shape index (κ2) is 6.81. The highest BCUT2D eigenvalue weighted by Crippen LogP contribution is 2.35. The topological polar surface area (TPSA) is 61.9 Å². The number of carbonyl (C=O) groups excluding carboxylic acids is 2. The number of nitrogens with zero attached hydrogens (tertiary/aromatic N) is 2. The summed E-state index contributed by atoms with van der Waals surface area (Å²) in [7, 11) is 2.04. The molecule has 0 spiro atoms. The minimum atomic E-state index is -0.692. The number of hydrogen-bond acceptors (Lipinski definition) is 4. The molecule has 3 rings (SSSR count). The minimum Gasteiger partial charge on any atom is -0.436 e. The molecule has 2 fully saturated rings. The highest BCUT2D eigenvalue weighted by molar-refractivity contribution is 5.86. The van der Waals surface area contributed by atoms with Crippen molar-refractivity contribution in [3.63, 3.8) is 0 Å². The molecule has 1 aromatic carbocycles. The fourth-order valence-electron chi connectivity index (χ4n) is 3.65. The van der Waals surface area contributed by atoms with Crippen LogP contribution in [0.25, 0.3) is 0 Å². The molecule has 0 saturated carbocycles. The van der Waals surface area contributed by atoms with E-state index in [0.717, 1.165) is 18.7 Å². The van der Waals surface area contributed by atoms with Gasteiger partial charge in [0.25, 0.3) is 5.91 Å². The fourth-order valence-corrected chi connectivity index (χ4v) is 3.65. The molecule has 2 aliphatic rings.